The summed E-state index contributed by atoms with van der Waals surface area (Å²) in [4.78, 5) is 11.8. The molecule has 0 aliphatic rings. The number of carbonyl (C=O) groups excluding carboxylic acids is 1. The Hall–Kier alpha value is -2.70. The lowest BCUT2D eigenvalue weighted by Gasteiger charge is -2.10. The molecule has 2 aromatic rings. The van der Waals surface area contributed by atoms with E-state index in [0.29, 0.717) is 24.6 Å². The molecular formula is C15H20N4O3. The van der Waals surface area contributed by atoms with E-state index in [-0.39, 0.29) is 6.03 Å². The number of methoxy groups -OCH3 is 2. The average molecular weight is 304 g/mol. The summed E-state index contributed by atoms with van der Waals surface area (Å²) in [5, 5.41) is 9.61. The molecule has 0 saturated heterocycles. The maximum atomic E-state index is 11.8. The number of aromatic nitrogens is 2. The molecular weight excluding hydrogens is 284 g/mol. The van der Waals surface area contributed by atoms with Crippen LogP contribution in [0.1, 0.15) is 11.1 Å². The van der Waals surface area contributed by atoms with Crippen LogP contribution in [0.4, 0.5) is 4.79 Å². The van der Waals surface area contributed by atoms with Crippen molar-refractivity contribution in [3.8, 4) is 11.5 Å². The van der Waals surface area contributed by atoms with Gasteiger partial charge < -0.3 is 20.1 Å². The normalized spacial score (nSPS) is 10.1. The Bertz CT molecular complexity index is 639. The predicted molar refractivity (Wildman–Crippen MR) is 81.8 cm³/mol. The molecule has 1 heterocycles. The molecule has 2 N–H and O–H groups in total. The number of nitrogens with zero attached hydrogens (tertiary/aromatic N) is 2. The van der Waals surface area contributed by atoms with Crippen molar-refractivity contribution >= 4 is 6.03 Å². The molecule has 1 aromatic carbocycles. The first-order chi connectivity index (χ1) is 10.6. The average Bonchev–Trinajstić information content (AvgIpc) is 2.96. The molecule has 2 amide bonds. The van der Waals surface area contributed by atoms with E-state index in [1.807, 2.05) is 31.4 Å². The number of aryl methyl sites for hydroxylation is 1. The summed E-state index contributed by atoms with van der Waals surface area (Å²) in [5.74, 6) is 1.30. The molecule has 0 bridgehead atoms. The highest BCUT2D eigenvalue weighted by Crippen LogP contribution is 2.27. The highest BCUT2D eigenvalue weighted by molar-refractivity contribution is 5.73. The van der Waals surface area contributed by atoms with Crippen LogP contribution >= 0.6 is 0 Å². The van der Waals surface area contributed by atoms with Gasteiger partial charge in [-0.3, -0.25) is 4.68 Å². The summed E-state index contributed by atoms with van der Waals surface area (Å²) in [7, 11) is 5.00. The fraction of sp³-hybridized carbons (Fsp3) is 0.333. The molecule has 0 saturated carbocycles. The quantitative estimate of drug-likeness (QED) is 0.846. The third kappa shape index (κ3) is 4.15. The Labute approximate surface area is 129 Å². The first-order valence-corrected chi connectivity index (χ1v) is 6.82. The van der Waals surface area contributed by atoms with Gasteiger partial charge in [0.25, 0.3) is 0 Å². The Balaban J connectivity index is 1.83. The maximum Gasteiger partial charge on any atom is 0.315 e. The fourth-order valence-electron chi connectivity index (χ4n) is 1.98. The molecule has 1 aromatic heterocycles. The van der Waals surface area contributed by atoms with Crippen molar-refractivity contribution in [3.63, 3.8) is 0 Å². The standard InChI is InChI=1S/C15H20N4O3/c1-19-10-12(9-18-19)8-17-15(20)16-7-11-4-5-13(21-2)14(6-11)22-3/h4-6,9-10H,7-8H2,1-3H3,(H2,16,17,20). The molecule has 7 heteroatoms. The van der Waals surface area contributed by atoms with E-state index in [4.69, 9.17) is 9.47 Å². The van der Waals surface area contributed by atoms with Gasteiger partial charge in [-0.2, -0.15) is 5.10 Å². The summed E-state index contributed by atoms with van der Waals surface area (Å²) < 4.78 is 12.1. The van der Waals surface area contributed by atoms with E-state index in [1.54, 1.807) is 25.1 Å². The van der Waals surface area contributed by atoms with Crippen LogP contribution in [0.15, 0.2) is 30.6 Å². The Morgan fingerprint density at radius 1 is 1.14 bits per heavy atom. The third-order valence-corrected chi connectivity index (χ3v) is 3.11. The molecule has 0 fully saturated rings. The number of urea groups is 1. The van der Waals surface area contributed by atoms with E-state index in [0.717, 1.165) is 11.1 Å². The second-order valence-corrected chi connectivity index (χ2v) is 4.75. The van der Waals surface area contributed by atoms with E-state index in [9.17, 15) is 4.79 Å². The van der Waals surface area contributed by atoms with Gasteiger partial charge in [0.1, 0.15) is 0 Å². The third-order valence-electron chi connectivity index (χ3n) is 3.11. The van der Waals surface area contributed by atoms with Gasteiger partial charge in [-0.1, -0.05) is 6.07 Å². The molecule has 0 spiro atoms. The number of carbonyl (C=O) groups is 1. The number of rotatable bonds is 6. The van der Waals surface area contributed by atoms with Crippen molar-refractivity contribution in [2.75, 3.05) is 14.2 Å². The fourth-order valence-corrected chi connectivity index (χ4v) is 1.98. The summed E-state index contributed by atoms with van der Waals surface area (Å²) >= 11 is 0. The molecule has 0 aliphatic carbocycles. The van der Waals surface area contributed by atoms with Gasteiger partial charge >= 0.3 is 6.03 Å². The minimum absolute atomic E-state index is 0.237. The molecule has 0 atom stereocenters. The summed E-state index contributed by atoms with van der Waals surface area (Å²) in [5.41, 5.74) is 1.87. The number of hydrogen-bond acceptors (Lipinski definition) is 4. The molecule has 0 radical (unpaired) electrons. The molecule has 2 rings (SSSR count). The highest BCUT2D eigenvalue weighted by atomic mass is 16.5. The lowest BCUT2D eigenvalue weighted by atomic mass is 10.2. The Morgan fingerprint density at radius 2 is 1.82 bits per heavy atom. The number of benzene rings is 1. The smallest absolute Gasteiger partial charge is 0.315 e. The van der Waals surface area contributed by atoms with Crippen LogP contribution in [-0.2, 0) is 20.1 Å². The van der Waals surface area contributed by atoms with Crippen molar-refractivity contribution in [2.45, 2.75) is 13.1 Å². The largest absolute Gasteiger partial charge is 0.493 e. The van der Waals surface area contributed by atoms with Crippen LogP contribution in [-0.4, -0.2) is 30.0 Å². The van der Waals surface area contributed by atoms with Gasteiger partial charge in [0, 0.05) is 31.9 Å². The van der Waals surface area contributed by atoms with Gasteiger partial charge in [-0.25, -0.2) is 4.79 Å². The summed E-state index contributed by atoms with van der Waals surface area (Å²) in [6, 6.07) is 5.28. The van der Waals surface area contributed by atoms with Gasteiger partial charge in [-0.15, -0.1) is 0 Å². The minimum atomic E-state index is -0.237. The molecule has 0 unspecified atom stereocenters. The highest BCUT2D eigenvalue weighted by Gasteiger charge is 2.06. The Kier molecular flexibility index (Phi) is 5.24. The number of ether oxygens (including phenoxy) is 2. The predicted octanol–water partition coefficient (Wildman–Crippen LogP) is 1.44. The lowest BCUT2D eigenvalue weighted by molar-refractivity contribution is 0.240. The van der Waals surface area contributed by atoms with Gasteiger partial charge in [-0.05, 0) is 17.7 Å². The van der Waals surface area contributed by atoms with Crippen LogP contribution in [0.2, 0.25) is 0 Å². The summed E-state index contributed by atoms with van der Waals surface area (Å²) in [6.45, 7) is 0.838. The van der Waals surface area contributed by atoms with E-state index >= 15 is 0 Å². The van der Waals surface area contributed by atoms with Gasteiger partial charge in [0.15, 0.2) is 11.5 Å². The van der Waals surface area contributed by atoms with Gasteiger partial charge in [0.2, 0.25) is 0 Å². The second kappa shape index (κ2) is 7.35. The van der Waals surface area contributed by atoms with Crippen LogP contribution in [0, 0.1) is 0 Å². The van der Waals surface area contributed by atoms with Gasteiger partial charge in [0.05, 0.1) is 20.4 Å². The Morgan fingerprint density at radius 3 is 2.41 bits per heavy atom. The molecule has 7 nitrogen and oxygen atoms in total. The van der Waals surface area contributed by atoms with E-state index < -0.39 is 0 Å². The molecule has 0 aliphatic heterocycles. The number of hydrogen-bond donors (Lipinski definition) is 2. The SMILES string of the molecule is COc1ccc(CNC(=O)NCc2cnn(C)c2)cc1OC. The zero-order valence-electron chi connectivity index (χ0n) is 12.9. The van der Waals surface area contributed by atoms with E-state index in [2.05, 4.69) is 15.7 Å². The first-order valence-electron chi connectivity index (χ1n) is 6.82. The van der Waals surface area contributed by atoms with Crippen molar-refractivity contribution in [1.29, 1.82) is 0 Å². The van der Waals surface area contributed by atoms with Crippen molar-refractivity contribution in [2.24, 2.45) is 7.05 Å². The number of nitrogens with one attached hydrogen (secondary N) is 2. The lowest BCUT2D eigenvalue weighted by Crippen LogP contribution is -2.34. The van der Waals surface area contributed by atoms with Crippen molar-refractivity contribution in [1.82, 2.24) is 20.4 Å². The van der Waals surface area contributed by atoms with Crippen molar-refractivity contribution < 1.29 is 14.3 Å². The van der Waals surface area contributed by atoms with Crippen molar-refractivity contribution in [3.05, 3.63) is 41.7 Å². The van der Waals surface area contributed by atoms with E-state index in [1.165, 1.54) is 0 Å². The zero-order valence-corrected chi connectivity index (χ0v) is 12.9. The van der Waals surface area contributed by atoms with Crippen LogP contribution in [0.3, 0.4) is 0 Å². The van der Waals surface area contributed by atoms with Crippen LogP contribution in [0.5, 0.6) is 11.5 Å². The zero-order chi connectivity index (χ0) is 15.9. The second-order valence-electron chi connectivity index (χ2n) is 4.75. The minimum Gasteiger partial charge on any atom is -0.493 e. The van der Waals surface area contributed by atoms with Crippen LogP contribution in [0.25, 0.3) is 0 Å². The molecule has 22 heavy (non-hydrogen) atoms. The topological polar surface area (TPSA) is 77.4 Å². The monoisotopic (exact) mass is 304 g/mol. The van der Waals surface area contributed by atoms with Crippen LogP contribution < -0.4 is 20.1 Å². The summed E-state index contributed by atoms with van der Waals surface area (Å²) in [6.07, 6.45) is 3.57. The number of amides is 2. The maximum absolute atomic E-state index is 11.8. The first kappa shape index (κ1) is 15.7. The molecule has 118 valence electrons.